The number of amides is 1. The molecule has 0 radical (unpaired) electrons. The molecule has 1 amide bonds. The van der Waals surface area contributed by atoms with E-state index in [0.29, 0.717) is 13.1 Å². The van der Waals surface area contributed by atoms with Gasteiger partial charge in [0.1, 0.15) is 17.2 Å². The lowest BCUT2D eigenvalue weighted by molar-refractivity contribution is 0.0778. The molecule has 0 spiro atoms. The van der Waals surface area contributed by atoms with Crippen molar-refractivity contribution in [3.63, 3.8) is 0 Å². The van der Waals surface area contributed by atoms with Crippen LogP contribution >= 0.6 is 0 Å². The molecular formula is C19H23N3O5. The third kappa shape index (κ3) is 3.34. The van der Waals surface area contributed by atoms with Crippen LogP contribution < -0.4 is 20.7 Å². The summed E-state index contributed by atoms with van der Waals surface area (Å²) in [5.74, 6) is 1.24. The van der Waals surface area contributed by atoms with E-state index in [-0.39, 0.29) is 17.5 Å². The highest BCUT2D eigenvalue weighted by atomic mass is 16.5. The summed E-state index contributed by atoms with van der Waals surface area (Å²) in [7, 11) is 6.10. The Morgan fingerprint density at radius 1 is 1.07 bits per heavy atom. The van der Waals surface area contributed by atoms with Crippen molar-refractivity contribution >= 4 is 5.91 Å². The van der Waals surface area contributed by atoms with Gasteiger partial charge in [0.25, 0.3) is 11.5 Å². The zero-order valence-electron chi connectivity index (χ0n) is 15.9. The van der Waals surface area contributed by atoms with Crippen LogP contribution in [0.4, 0.5) is 0 Å². The first kappa shape index (κ1) is 18.8. The minimum atomic E-state index is -0.518. The van der Waals surface area contributed by atoms with Crippen LogP contribution in [0.25, 0.3) is 0 Å². The molecule has 1 unspecified atom stereocenters. The van der Waals surface area contributed by atoms with Crippen molar-refractivity contribution in [1.29, 1.82) is 0 Å². The van der Waals surface area contributed by atoms with E-state index in [1.807, 2.05) is 18.2 Å². The van der Waals surface area contributed by atoms with E-state index < -0.39 is 11.2 Å². The lowest BCUT2D eigenvalue weighted by Crippen LogP contribution is -2.41. The third-order valence-electron chi connectivity index (χ3n) is 5.10. The summed E-state index contributed by atoms with van der Waals surface area (Å²) >= 11 is 0. The van der Waals surface area contributed by atoms with Crippen LogP contribution in [0.1, 0.15) is 28.4 Å². The van der Waals surface area contributed by atoms with Gasteiger partial charge in [0.05, 0.1) is 14.2 Å². The van der Waals surface area contributed by atoms with Gasteiger partial charge in [-0.25, -0.2) is 4.79 Å². The number of aromatic nitrogens is 2. The maximum Gasteiger partial charge on any atom is 0.331 e. The molecule has 0 saturated carbocycles. The van der Waals surface area contributed by atoms with Crippen LogP contribution in [0.5, 0.6) is 11.5 Å². The first-order valence-corrected chi connectivity index (χ1v) is 8.65. The molecule has 2 heterocycles. The molecule has 1 saturated heterocycles. The van der Waals surface area contributed by atoms with Crippen molar-refractivity contribution in [2.75, 3.05) is 27.3 Å². The van der Waals surface area contributed by atoms with Crippen LogP contribution in [-0.4, -0.2) is 47.3 Å². The molecule has 0 aliphatic carbocycles. The highest BCUT2D eigenvalue weighted by Gasteiger charge is 2.31. The van der Waals surface area contributed by atoms with Gasteiger partial charge in [0.2, 0.25) is 0 Å². The van der Waals surface area contributed by atoms with Crippen LogP contribution in [-0.2, 0) is 14.1 Å². The monoisotopic (exact) mass is 373 g/mol. The number of rotatable bonds is 4. The van der Waals surface area contributed by atoms with E-state index in [2.05, 4.69) is 0 Å². The summed E-state index contributed by atoms with van der Waals surface area (Å²) in [6.45, 7) is 1.01. The van der Waals surface area contributed by atoms with Gasteiger partial charge in [-0.2, -0.15) is 0 Å². The van der Waals surface area contributed by atoms with Gasteiger partial charge in [0.15, 0.2) is 0 Å². The van der Waals surface area contributed by atoms with Crippen molar-refractivity contribution in [2.24, 2.45) is 14.1 Å². The molecule has 0 bridgehead atoms. The number of benzene rings is 1. The summed E-state index contributed by atoms with van der Waals surface area (Å²) in [6.07, 6.45) is 0.758. The Balaban J connectivity index is 1.88. The van der Waals surface area contributed by atoms with Gasteiger partial charge in [-0.1, -0.05) is 0 Å². The first-order chi connectivity index (χ1) is 12.9. The molecule has 3 rings (SSSR count). The first-order valence-electron chi connectivity index (χ1n) is 8.65. The smallest absolute Gasteiger partial charge is 0.331 e. The zero-order valence-corrected chi connectivity index (χ0v) is 15.9. The number of methoxy groups -OCH3 is 2. The lowest BCUT2D eigenvalue weighted by Gasteiger charge is -2.19. The van der Waals surface area contributed by atoms with Crippen molar-refractivity contribution in [3.05, 3.63) is 56.4 Å². The van der Waals surface area contributed by atoms with Crippen molar-refractivity contribution in [3.8, 4) is 11.5 Å². The van der Waals surface area contributed by atoms with Gasteiger partial charge in [0, 0.05) is 44.7 Å². The number of carbonyl (C=O) groups excluding carboxylic acids is 1. The third-order valence-corrected chi connectivity index (χ3v) is 5.10. The molecule has 0 N–H and O–H groups in total. The Hall–Kier alpha value is -3.03. The van der Waals surface area contributed by atoms with Crippen molar-refractivity contribution < 1.29 is 14.3 Å². The second kappa shape index (κ2) is 7.30. The molecule has 1 fully saturated rings. The van der Waals surface area contributed by atoms with E-state index in [0.717, 1.165) is 28.1 Å². The molecule has 1 aromatic heterocycles. The maximum absolute atomic E-state index is 12.9. The summed E-state index contributed by atoms with van der Waals surface area (Å²) in [5.41, 5.74) is 0.0640. The second-order valence-corrected chi connectivity index (χ2v) is 6.61. The van der Waals surface area contributed by atoms with E-state index >= 15 is 0 Å². The summed E-state index contributed by atoms with van der Waals surface area (Å²) in [5, 5.41) is 0. The highest BCUT2D eigenvalue weighted by molar-refractivity contribution is 5.92. The van der Waals surface area contributed by atoms with Crippen LogP contribution in [0.2, 0.25) is 0 Å². The lowest BCUT2D eigenvalue weighted by atomic mass is 9.97. The van der Waals surface area contributed by atoms with Crippen LogP contribution in [0, 0.1) is 0 Å². The van der Waals surface area contributed by atoms with E-state index in [4.69, 9.17) is 9.47 Å². The fraction of sp³-hybridized carbons (Fsp3) is 0.421. The number of carbonyl (C=O) groups is 1. The normalized spacial score (nSPS) is 16.4. The fourth-order valence-corrected chi connectivity index (χ4v) is 3.46. The Labute approximate surface area is 156 Å². The van der Waals surface area contributed by atoms with Crippen molar-refractivity contribution in [1.82, 2.24) is 14.0 Å². The summed E-state index contributed by atoms with van der Waals surface area (Å²) in [4.78, 5) is 38.6. The predicted molar refractivity (Wildman–Crippen MR) is 99.7 cm³/mol. The molecule has 144 valence electrons. The molecule has 27 heavy (non-hydrogen) atoms. The number of likely N-dealkylation sites (tertiary alicyclic amines) is 1. The van der Waals surface area contributed by atoms with Gasteiger partial charge in [-0.3, -0.25) is 18.7 Å². The Morgan fingerprint density at radius 2 is 1.81 bits per heavy atom. The SMILES string of the molecule is COc1ccc(OC)c(C2CCN(C(=O)c3cc(=O)n(C)c(=O)n3C)C2)c1. The van der Waals surface area contributed by atoms with Gasteiger partial charge in [-0.05, 0) is 24.6 Å². The van der Waals surface area contributed by atoms with E-state index in [1.54, 1.807) is 19.1 Å². The largest absolute Gasteiger partial charge is 0.497 e. The number of nitrogens with zero attached hydrogens (tertiary/aromatic N) is 3. The predicted octanol–water partition coefficient (Wildman–Crippen LogP) is 0.731. The van der Waals surface area contributed by atoms with Gasteiger partial charge >= 0.3 is 5.69 Å². The zero-order chi connectivity index (χ0) is 19.7. The summed E-state index contributed by atoms with van der Waals surface area (Å²) in [6, 6.07) is 6.81. The minimum absolute atomic E-state index is 0.0857. The maximum atomic E-state index is 12.9. The fourth-order valence-electron chi connectivity index (χ4n) is 3.46. The van der Waals surface area contributed by atoms with Gasteiger partial charge < -0.3 is 14.4 Å². The second-order valence-electron chi connectivity index (χ2n) is 6.61. The quantitative estimate of drug-likeness (QED) is 0.789. The Morgan fingerprint density at radius 3 is 2.48 bits per heavy atom. The molecule has 8 nitrogen and oxygen atoms in total. The Kier molecular flexibility index (Phi) is 5.07. The highest BCUT2D eigenvalue weighted by Crippen LogP contribution is 2.36. The molecular weight excluding hydrogens is 350 g/mol. The number of ether oxygens (including phenoxy) is 2. The topological polar surface area (TPSA) is 82.8 Å². The average Bonchev–Trinajstić information content (AvgIpc) is 3.18. The molecule has 1 atom stereocenters. The standard InChI is InChI=1S/C19H23N3O5/c1-20-15(10-17(23)21(2)19(20)25)18(24)22-8-7-12(11-22)14-9-13(26-3)5-6-16(14)27-4/h5-6,9-10,12H,7-8,11H2,1-4H3. The number of hydrogen-bond acceptors (Lipinski definition) is 5. The van der Waals surface area contributed by atoms with Crippen LogP contribution in [0.15, 0.2) is 33.9 Å². The molecule has 1 aromatic carbocycles. The van der Waals surface area contributed by atoms with E-state index in [1.165, 1.54) is 24.7 Å². The average molecular weight is 373 g/mol. The van der Waals surface area contributed by atoms with Gasteiger partial charge in [-0.15, -0.1) is 0 Å². The molecule has 2 aromatic rings. The van der Waals surface area contributed by atoms with Crippen LogP contribution in [0.3, 0.4) is 0 Å². The minimum Gasteiger partial charge on any atom is -0.497 e. The molecule has 1 aliphatic heterocycles. The van der Waals surface area contributed by atoms with Crippen molar-refractivity contribution in [2.45, 2.75) is 12.3 Å². The number of hydrogen-bond donors (Lipinski definition) is 0. The van der Waals surface area contributed by atoms with E-state index in [9.17, 15) is 14.4 Å². The molecule has 8 heteroatoms. The molecule has 1 aliphatic rings. The Bertz CT molecular complexity index is 992. The summed E-state index contributed by atoms with van der Waals surface area (Å²) < 4.78 is 12.9.